The lowest BCUT2D eigenvalue weighted by Crippen LogP contribution is -2.53. The Morgan fingerprint density at radius 1 is 1.10 bits per heavy atom. The largest absolute Gasteiger partial charge is 0.481 e. The van der Waals surface area contributed by atoms with Crippen LogP contribution in [0.4, 0.5) is 0 Å². The first-order valence-electron chi connectivity index (χ1n) is 9.59. The minimum Gasteiger partial charge on any atom is -0.481 e. The summed E-state index contributed by atoms with van der Waals surface area (Å²) in [6.07, 6.45) is -0.101. The standard InChI is InChI=1S/C21H25ClN2O4S/c1-3-20(28-17-9-10-19(22)16(2)15-17)21(25)23-11-13-24(14-12-23)29(26,27)18-7-5-4-6-8-18/h4-10,15,20H,3,11-14H2,1-2H3/t20-/m1/s1. The molecular formula is C21H25ClN2O4S. The first kappa shape index (κ1) is 21.6. The molecule has 0 aromatic heterocycles. The highest BCUT2D eigenvalue weighted by molar-refractivity contribution is 7.89. The summed E-state index contributed by atoms with van der Waals surface area (Å²) in [4.78, 5) is 14.9. The zero-order valence-electron chi connectivity index (χ0n) is 16.5. The third-order valence-corrected chi connectivity index (χ3v) is 7.32. The topological polar surface area (TPSA) is 66.9 Å². The first-order chi connectivity index (χ1) is 13.8. The summed E-state index contributed by atoms with van der Waals surface area (Å²) in [5, 5.41) is 0.646. The average molecular weight is 437 g/mol. The SMILES string of the molecule is CC[C@@H](Oc1ccc(Cl)c(C)c1)C(=O)N1CCN(S(=O)(=O)c2ccccc2)CC1. The number of carbonyl (C=O) groups is 1. The van der Waals surface area contributed by atoms with Gasteiger partial charge in [0.1, 0.15) is 5.75 Å². The number of carbonyl (C=O) groups excluding carboxylic acids is 1. The van der Waals surface area contributed by atoms with Gasteiger partial charge in [0.15, 0.2) is 6.10 Å². The third-order valence-electron chi connectivity index (χ3n) is 4.99. The molecular weight excluding hydrogens is 412 g/mol. The predicted molar refractivity (Wildman–Crippen MR) is 113 cm³/mol. The van der Waals surface area contributed by atoms with E-state index in [1.165, 1.54) is 4.31 Å². The van der Waals surface area contributed by atoms with Crippen molar-refractivity contribution in [1.82, 2.24) is 9.21 Å². The third kappa shape index (κ3) is 4.91. The fraction of sp³-hybridized carbons (Fsp3) is 0.381. The molecule has 0 N–H and O–H groups in total. The number of halogens is 1. The van der Waals surface area contributed by atoms with Crippen molar-refractivity contribution in [2.24, 2.45) is 0 Å². The Hall–Kier alpha value is -2.09. The second kappa shape index (κ2) is 9.15. The predicted octanol–water partition coefficient (Wildman–Crippen LogP) is 3.34. The Morgan fingerprint density at radius 2 is 1.76 bits per heavy atom. The molecule has 0 aliphatic carbocycles. The number of nitrogens with zero attached hydrogens (tertiary/aromatic N) is 2. The molecule has 2 aromatic rings. The molecule has 1 atom stereocenters. The Balaban J connectivity index is 1.63. The number of rotatable bonds is 6. The molecule has 2 aromatic carbocycles. The monoisotopic (exact) mass is 436 g/mol. The van der Waals surface area contributed by atoms with E-state index >= 15 is 0 Å². The van der Waals surface area contributed by atoms with E-state index in [2.05, 4.69) is 0 Å². The molecule has 1 amide bonds. The summed E-state index contributed by atoms with van der Waals surface area (Å²) in [6, 6.07) is 13.7. The molecule has 0 unspecified atom stereocenters. The molecule has 29 heavy (non-hydrogen) atoms. The maximum Gasteiger partial charge on any atom is 0.263 e. The smallest absolute Gasteiger partial charge is 0.263 e. The fourth-order valence-corrected chi connectivity index (χ4v) is 4.82. The van der Waals surface area contributed by atoms with E-state index in [9.17, 15) is 13.2 Å². The highest BCUT2D eigenvalue weighted by Gasteiger charge is 2.32. The fourth-order valence-electron chi connectivity index (χ4n) is 3.26. The second-order valence-electron chi connectivity index (χ2n) is 6.97. The lowest BCUT2D eigenvalue weighted by atomic mass is 10.2. The van der Waals surface area contributed by atoms with E-state index in [1.807, 2.05) is 19.9 Å². The summed E-state index contributed by atoms with van der Waals surface area (Å²) in [5.74, 6) is 0.467. The number of piperazine rings is 1. The lowest BCUT2D eigenvalue weighted by Gasteiger charge is -2.35. The van der Waals surface area contributed by atoms with Crippen LogP contribution in [-0.2, 0) is 14.8 Å². The number of aryl methyl sites for hydroxylation is 1. The van der Waals surface area contributed by atoms with Gasteiger partial charge in [-0.1, -0.05) is 36.7 Å². The number of benzene rings is 2. The lowest BCUT2D eigenvalue weighted by molar-refractivity contribution is -0.140. The zero-order valence-corrected chi connectivity index (χ0v) is 18.1. The van der Waals surface area contributed by atoms with Gasteiger partial charge in [-0.3, -0.25) is 4.79 Å². The number of hydrogen-bond acceptors (Lipinski definition) is 4. The van der Waals surface area contributed by atoms with Crippen LogP contribution in [0.2, 0.25) is 5.02 Å². The highest BCUT2D eigenvalue weighted by Crippen LogP contribution is 2.23. The van der Waals surface area contributed by atoms with Crippen LogP contribution in [0, 0.1) is 6.92 Å². The number of hydrogen-bond donors (Lipinski definition) is 0. The van der Waals surface area contributed by atoms with Gasteiger partial charge in [0.2, 0.25) is 10.0 Å². The van der Waals surface area contributed by atoms with Crippen LogP contribution in [0.3, 0.4) is 0 Å². The van der Waals surface area contributed by atoms with E-state index in [4.69, 9.17) is 16.3 Å². The molecule has 3 rings (SSSR count). The molecule has 8 heteroatoms. The number of sulfonamides is 1. The zero-order chi connectivity index (χ0) is 21.0. The normalized spacial score (nSPS) is 16.4. The van der Waals surface area contributed by atoms with Gasteiger partial charge in [-0.15, -0.1) is 0 Å². The van der Waals surface area contributed by atoms with Crippen molar-refractivity contribution in [3.8, 4) is 5.75 Å². The molecule has 156 valence electrons. The number of amides is 1. The highest BCUT2D eigenvalue weighted by atomic mass is 35.5. The van der Waals surface area contributed by atoms with E-state index in [0.717, 1.165) is 5.56 Å². The Morgan fingerprint density at radius 3 is 2.34 bits per heavy atom. The van der Waals surface area contributed by atoms with Crippen molar-refractivity contribution in [3.63, 3.8) is 0 Å². The van der Waals surface area contributed by atoms with Gasteiger partial charge in [-0.2, -0.15) is 4.31 Å². The van der Waals surface area contributed by atoms with Gasteiger partial charge < -0.3 is 9.64 Å². The summed E-state index contributed by atoms with van der Waals surface area (Å²) < 4.78 is 32.8. The van der Waals surface area contributed by atoms with E-state index in [-0.39, 0.29) is 23.9 Å². The van der Waals surface area contributed by atoms with E-state index < -0.39 is 16.1 Å². The van der Waals surface area contributed by atoms with Crippen molar-refractivity contribution in [3.05, 3.63) is 59.1 Å². The van der Waals surface area contributed by atoms with Crippen molar-refractivity contribution in [1.29, 1.82) is 0 Å². The van der Waals surface area contributed by atoms with Crippen molar-refractivity contribution in [2.75, 3.05) is 26.2 Å². The van der Waals surface area contributed by atoms with Crippen LogP contribution in [-0.4, -0.2) is 55.8 Å². The van der Waals surface area contributed by atoms with Crippen LogP contribution in [0.15, 0.2) is 53.4 Å². The van der Waals surface area contributed by atoms with Crippen LogP contribution in [0.5, 0.6) is 5.75 Å². The molecule has 1 fully saturated rings. The molecule has 1 aliphatic rings. The summed E-state index contributed by atoms with van der Waals surface area (Å²) in [6.45, 7) is 4.97. The van der Waals surface area contributed by atoms with E-state index in [1.54, 1.807) is 47.4 Å². The molecule has 1 aliphatic heterocycles. The quantitative estimate of drug-likeness (QED) is 0.696. The van der Waals surface area contributed by atoms with Gasteiger partial charge in [-0.25, -0.2) is 8.42 Å². The van der Waals surface area contributed by atoms with Gasteiger partial charge in [-0.05, 0) is 49.2 Å². The number of ether oxygens (including phenoxy) is 1. The van der Waals surface area contributed by atoms with Crippen molar-refractivity contribution in [2.45, 2.75) is 31.3 Å². The van der Waals surface area contributed by atoms with Crippen LogP contribution in [0.1, 0.15) is 18.9 Å². The summed E-state index contributed by atoms with van der Waals surface area (Å²) in [7, 11) is -3.54. The average Bonchev–Trinajstić information content (AvgIpc) is 2.74. The van der Waals surface area contributed by atoms with Crippen LogP contribution >= 0.6 is 11.6 Å². The Bertz CT molecular complexity index is 958. The molecule has 0 spiro atoms. The van der Waals surface area contributed by atoms with Gasteiger partial charge >= 0.3 is 0 Å². The maximum absolute atomic E-state index is 12.9. The minimum absolute atomic E-state index is 0.128. The first-order valence-corrected chi connectivity index (χ1v) is 11.4. The molecule has 6 nitrogen and oxygen atoms in total. The Labute approximate surface area is 177 Å². The van der Waals surface area contributed by atoms with Crippen LogP contribution < -0.4 is 4.74 Å². The van der Waals surface area contributed by atoms with Gasteiger partial charge in [0.05, 0.1) is 4.90 Å². The maximum atomic E-state index is 12.9. The summed E-state index contributed by atoms with van der Waals surface area (Å²) in [5.41, 5.74) is 0.881. The van der Waals surface area contributed by atoms with Crippen molar-refractivity contribution >= 4 is 27.5 Å². The van der Waals surface area contributed by atoms with Crippen molar-refractivity contribution < 1.29 is 17.9 Å². The molecule has 0 bridgehead atoms. The minimum atomic E-state index is -3.54. The molecule has 0 radical (unpaired) electrons. The Kier molecular flexibility index (Phi) is 6.82. The second-order valence-corrected chi connectivity index (χ2v) is 9.31. The summed E-state index contributed by atoms with van der Waals surface area (Å²) >= 11 is 6.05. The molecule has 1 heterocycles. The molecule has 0 saturated carbocycles. The van der Waals surface area contributed by atoms with Gasteiger partial charge in [0, 0.05) is 31.2 Å². The van der Waals surface area contributed by atoms with Gasteiger partial charge in [0.25, 0.3) is 5.91 Å². The molecule has 1 saturated heterocycles. The van der Waals surface area contributed by atoms with E-state index in [0.29, 0.717) is 30.3 Å². The van der Waals surface area contributed by atoms with Crippen LogP contribution in [0.25, 0.3) is 0 Å².